The number of ketones is 1. The van der Waals surface area contributed by atoms with Gasteiger partial charge in [-0.15, -0.1) is 0 Å². The van der Waals surface area contributed by atoms with Crippen molar-refractivity contribution in [2.24, 2.45) is 0 Å². The Labute approximate surface area is 131 Å². The Balaban J connectivity index is 2.13. The first-order chi connectivity index (χ1) is 10.1. The van der Waals surface area contributed by atoms with E-state index < -0.39 is 5.63 Å². The zero-order chi connectivity index (χ0) is 15.2. The lowest BCUT2D eigenvalue weighted by Gasteiger charge is -2.07. The van der Waals surface area contributed by atoms with Crippen molar-refractivity contribution in [1.29, 1.82) is 0 Å². The number of hydrogen-bond donors (Lipinski definition) is 0. The van der Waals surface area contributed by atoms with Crippen molar-refractivity contribution in [3.05, 3.63) is 40.2 Å². The van der Waals surface area contributed by atoms with E-state index in [9.17, 15) is 9.59 Å². The summed E-state index contributed by atoms with van der Waals surface area (Å²) in [6.45, 7) is 1.98. The van der Waals surface area contributed by atoms with Crippen LogP contribution in [0.2, 0.25) is 0 Å². The van der Waals surface area contributed by atoms with Crippen LogP contribution in [0.4, 0.5) is 0 Å². The molecular weight excluding hydrogens is 336 g/mol. The van der Waals surface area contributed by atoms with E-state index in [0.29, 0.717) is 23.3 Å². The predicted octanol–water partition coefficient (Wildman–Crippen LogP) is 3.94. The summed E-state index contributed by atoms with van der Waals surface area (Å²) in [5.74, 6) is 0.373. The molecular formula is C16H17BrO4. The highest BCUT2D eigenvalue weighted by atomic mass is 79.9. The van der Waals surface area contributed by atoms with Crippen LogP contribution in [0.25, 0.3) is 11.0 Å². The van der Waals surface area contributed by atoms with Crippen molar-refractivity contribution in [2.45, 2.75) is 26.2 Å². The summed E-state index contributed by atoms with van der Waals surface area (Å²) < 4.78 is 10.8. The number of benzene rings is 1. The molecule has 1 aromatic heterocycles. The monoisotopic (exact) mass is 352 g/mol. The average molecular weight is 353 g/mol. The van der Waals surface area contributed by atoms with Crippen molar-refractivity contribution in [3.8, 4) is 5.75 Å². The summed E-state index contributed by atoms with van der Waals surface area (Å²) in [5.41, 5.74) is -0.0987. The van der Waals surface area contributed by atoms with Gasteiger partial charge in [0, 0.05) is 16.8 Å². The van der Waals surface area contributed by atoms with Gasteiger partial charge in [-0.1, -0.05) is 15.9 Å². The van der Waals surface area contributed by atoms with Gasteiger partial charge in [-0.2, -0.15) is 0 Å². The molecule has 0 radical (unpaired) electrons. The Morgan fingerprint density at radius 2 is 2.05 bits per heavy atom. The highest BCUT2D eigenvalue weighted by Gasteiger charge is 2.10. The minimum Gasteiger partial charge on any atom is -0.493 e. The van der Waals surface area contributed by atoms with Crippen molar-refractivity contribution >= 4 is 32.7 Å². The quantitative estimate of drug-likeness (QED) is 0.327. The molecule has 0 spiro atoms. The molecule has 0 aliphatic rings. The summed E-state index contributed by atoms with van der Waals surface area (Å²) in [6, 6.07) is 6.85. The molecule has 0 saturated heterocycles. The van der Waals surface area contributed by atoms with Gasteiger partial charge in [0.2, 0.25) is 0 Å². The van der Waals surface area contributed by atoms with Gasteiger partial charge in [0.05, 0.1) is 6.61 Å². The second kappa shape index (κ2) is 7.41. The largest absolute Gasteiger partial charge is 0.493 e. The fourth-order valence-electron chi connectivity index (χ4n) is 1.99. The van der Waals surface area contributed by atoms with Gasteiger partial charge in [-0.3, -0.25) is 4.79 Å². The standard InChI is InChI=1S/C16H17BrO4/c1-11(18)14-9-12-5-6-13(10-15(12)21-16(14)19)20-8-4-2-3-7-17/h5-6,9-10H,2-4,7-8H2,1H3. The number of fused-ring (bicyclic) bond motifs is 1. The molecule has 0 unspecified atom stereocenters. The van der Waals surface area contributed by atoms with E-state index in [-0.39, 0.29) is 11.3 Å². The molecule has 112 valence electrons. The lowest BCUT2D eigenvalue weighted by Crippen LogP contribution is -2.11. The number of carbonyl (C=O) groups excluding carboxylic acids is 1. The molecule has 0 aliphatic heterocycles. The molecule has 4 nitrogen and oxygen atoms in total. The molecule has 0 aliphatic carbocycles. The van der Waals surface area contributed by atoms with Crippen molar-refractivity contribution < 1.29 is 13.9 Å². The highest BCUT2D eigenvalue weighted by Crippen LogP contribution is 2.21. The zero-order valence-electron chi connectivity index (χ0n) is 11.9. The van der Waals surface area contributed by atoms with E-state index in [1.165, 1.54) is 6.92 Å². The van der Waals surface area contributed by atoms with Crippen LogP contribution in [0.3, 0.4) is 0 Å². The van der Waals surface area contributed by atoms with Crippen LogP contribution in [0, 0.1) is 0 Å². The molecule has 2 aromatic rings. The number of unbranched alkanes of at least 4 members (excludes halogenated alkanes) is 2. The van der Waals surface area contributed by atoms with Crippen LogP contribution in [-0.2, 0) is 0 Å². The molecule has 0 bridgehead atoms. The number of hydrogen-bond acceptors (Lipinski definition) is 4. The number of carbonyl (C=O) groups is 1. The second-order valence-electron chi connectivity index (χ2n) is 4.80. The van der Waals surface area contributed by atoms with Gasteiger partial charge in [0.1, 0.15) is 16.9 Å². The number of rotatable bonds is 7. The zero-order valence-corrected chi connectivity index (χ0v) is 13.4. The molecule has 0 fully saturated rings. The number of Topliss-reactive ketones (excluding diaryl/α,β-unsaturated/α-hetero) is 1. The second-order valence-corrected chi connectivity index (χ2v) is 5.59. The van der Waals surface area contributed by atoms with Gasteiger partial charge in [0.25, 0.3) is 0 Å². The Morgan fingerprint density at radius 3 is 2.76 bits per heavy atom. The third kappa shape index (κ3) is 4.17. The molecule has 1 heterocycles. The van der Waals surface area contributed by atoms with Gasteiger partial charge in [-0.05, 0) is 44.4 Å². The van der Waals surface area contributed by atoms with E-state index in [1.807, 2.05) is 6.07 Å². The first-order valence-corrected chi connectivity index (χ1v) is 8.01. The smallest absolute Gasteiger partial charge is 0.347 e. The lowest BCUT2D eigenvalue weighted by molar-refractivity contribution is 0.101. The Kier molecular flexibility index (Phi) is 5.56. The van der Waals surface area contributed by atoms with E-state index in [0.717, 1.165) is 24.6 Å². The van der Waals surface area contributed by atoms with E-state index >= 15 is 0 Å². The van der Waals surface area contributed by atoms with Gasteiger partial charge >= 0.3 is 5.63 Å². The first-order valence-electron chi connectivity index (χ1n) is 6.89. The summed E-state index contributed by atoms with van der Waals surface area (Å²) in [5, 5.41) is 1.72. The fraction of sp³-hybridized carbons (Fsp3) is 0.375. The van der Waals surface area contributed by atoms with E-state index in [1.54, 1.807) is 18.2 Å². The van der Waals surface area contributed by atoms with Gasteiger partial charge in [0.15, 0.2) is 5.78 Å². The highest BCUT2D eigenvalue weighted by molar-refractivity contribution is 9.09. The minimum atomic E-state index is -0.607. The summed E-state index contributed by atoms with van der Waals surface area (Å²) in [6.07, 6.45) is 3.22. The fourth-order valence-corrected chi connectivity index (χ4v) is 2.39. The van der Waals surface area contributed by atoms with Crippen molar-refractivity contribution in [2.75, 3.05) is 11.9 Å². The molecule has 1 aromatic carbocycles. The van der Waals surface area contributed by atoms with Crippen LogP contribution in [0.15, 0.2) is 33.5 Å². The summed E-state index contributed by atoms with van der Waals surface area (Å²) >= 11 is 3.39. The van der Waals surface area contributed by atoms with Crippen molar-refractivity contribution in [1.82, 2.24) is 0 Å². The van der Waals surface area contributed by atoms with Crippen LogP contribution in [0.1, 0.15) is 36.5 Å². The Morgan fingerprint density at radius 1 is 1.24 bits per heavy atom. The maximum atomic E-state index is 11.7. The molecule has 5 heteroatoms. The van der Waals surface area contributed by atoms with E-state index in [2.05, 4.69) is 15.9 Å². The third-order valence-electron chi connectivity index (χ3n) is 3.13. The number of ether oxygens (including phenoxy) is 1. The first kappa shape index (κ1) is 15.8. The molecule has 0 N–H and O–H groups in total. The number of alkyl halides is 1. The molecule has 21 heavy (non-hydrogen) atoms. The summed E-state index contributed by atoms with van der Waals surface area (Å²) in [7, 11) is 0. The van der Waals surface area contributed by atoms with Crippen LogP contribution in [-0.4, -0.2) is 17.7 Å². The Bertz CT molecular complexity index is 690. The maximum absolute atomic E-state index is 11.7. The minimum absolute atomic E-state index is 0.0749. The van der Waals surface area contributed by atoms with Crippen LogP contribution >= 0.6 is 15.9 Å². The molecule has 2 rings (SSSR count). The van der Waals surface area contributed by atoms with Gasteiger partial charge in [-0.25, -0.2) is 4.79 Å². The Hall–Kier alpha value is -1.62. The predicted molar refractivity (Wildman–Crippen MR) is 85.6 cm³/mol. The topological polar surface area (TPSA) is 56.5 Å². The number of halogens is 1. The van der Waals surface area contributed by atoms with Crippen LogP contribution < -0.4 is 10.4 Å². The van der Waals surface area contributed by atoms with Gasteiger partial charge < -0.3 is 9.15 Å². The van der Waals surface area contributed by atoms with E-state index in [4.69, 9.17) is 9.15 Å². The van der Waals surface area contributed by atoms with Crippen LogP contribution in [0.5, 0.6) is 5.75 Å². The maximum Gasteiger partial charge on any atom is 0.347 e. The summed E-state index contributed by atoms with van der Waals surface area (Å²) in [4.78, 5) is 23.0. The molecule has 0 atom stereocenters. The third-order valence-corrected chi connectivity index (χ3v) is 3.69. The van der Waals surface area contributed by atoms with Crippen molar-refractivity contribution in [3.63, 3.8) is 0 Å². The average Bonchev–Trinajstić information content (AvgIpc) is 2.46. The molecule has 0 amide bonds. The molecule has 0 saturated carbocycles. The normalized spacial score (nSPS) is 10.8. The lowest BCUT2D eigenvalue weighted by atomic mass is 10.1. The SMILES string of the molecule is CC(=O)c1cc2ccc(OCCCCCBr)cc2oc1=O.